The molecular formula is C52H42N4. The molecule has 0 amide bonds. The third-order valence-corrected chi connectivity index (χ3v) is 9.82. The van der Waals surface area contributed by atoms with E-state index >= 15 is 0 Å². The molecule has 0 saturated carbocycles. The third kappa shape index (κ3) is 8.53. The summed E-state index contributed by atoms with van der Waals surface area (Å²) in [6, 6.07) is 56.9. The minimum absolute atomic E-state index is 0.489. The van der Waals surface area contributed by atoms with Crippen LogP contribution in [0.25, 0.3) is 29.1 Å². The van der Waals surface area contributed by atoms with Gasteiger partial charge in [0.1, 0.15) is 0 Å². The van der Waals surface area contributed by atoms with E-state index in [2.05, 4.69) is 194 Å². The van der Waals surface area contributed by atoms with E-state index in [0.29, 0.717) is 22.4 Å². The van der Waals surface area contributed by atoms with Gasteiger partial charge in [0.05, 0.1) is 18.2 Å². The Hall–Kier alpha value is -7.40. The zero-order valence-corrected chi connectivity index (χ0v) is 32.1. The summed E-state index contributed by atoms with van der Waals surface area (Å²) in [5.41, 5.74) is 15.7. The number of aryl methyl sites for hydroxylation is 4. The summed E-state index contributed by atoms with van der Waals surface area (Å²) in [6.07, 6.45) is 7.81. The van der Waals surface area contributed by atoms with E-state index < -0.39 is 0 Å². The average molecular weight is 723 g/mol. The molecule has 0 aliphatic rings. The predicted octanol–water partition coefficient (Wildman–Crippen LogP) is 14.6. The van der Waals surface area contributed by atoms with Crippen LogP contribution in [0.2, 0.25) is 0 Å². The van der Waals surface area contributed by atoms with Crippen LogP contribution in [0.15, 0.2) is 158 Å². The number of nitriles is 1. The first-order valence-corrected chi connectivity index (χ1v) is 18.7. The Labute approximate surface area is 331 Å². The molecule has 0 saturated heterocycles. The van der Waals surface area contributed by atoms with Crippen molar-refractivity contribution in [3.05, 3.63) is 219 Å². The Morgan fingerprint density at radius 1 is 0.429 bits per heavy atom. The van der Waals surface area contributed by atoms with Crippen molar-refractivity contribution in [2.24, 2.45) is 0 Å². The topological polar surface area (TPSA) is 34.6 Å². The Balaban J connectivity index is 1.11. The lowest BCUT2D eigenvalue weighted by Gasteiger charge is -2.26. The second-order valence-corrected chi connectivity index (χ2v) is 14.1. The first-order chi connectivity index (χ1) is 27.3. The summed E-state index contributed by atoms with van der Waals surface area (Å²) in [5, 5.41) is 10.1. The molecule has 270 valence electrons. The Bertz CT molecular complexity index is 2310. The lowest BCUT2D eigenvalue weighted by molar-refractivity contribution is 1.27. The molecule has 0 aliphatic heterocycles. The monoisotopic (exact) mass is 722 g/mol. The highest BCUT2D eigenvalue weighted by molar-refractivity contribution is 5.84. The van der Waals surface area contributed by atoms with Gasteiger partial charge in [0, 0.05) is 34.1 Å². The van der Waals surface area contributed by atoms with Crippen LogP contribution in [0.1, 0.15) is 50.1 Å². The van der Waals surface area contributed by atoms with Gasteiger partial charge in [-0.1, -0.05) is 119 Å². The molecule has 0 atom stereocenters. The fourth-order valence-electron chi connectivity index (χ4n) is 6.60. The smallest absolute Gasteiger partial charge is 0.194 e. The summed E-state index contributed by atoms with van der Waals surface area (Å²) < 4.78 is 0. The molecule has 0 spiro atoms. The highest BCUT2D eigenvalue weighted by Crippen LogP contribution is 2.37. The molecule has 7 aromatic rings. The van der Waals surface area contributed by atoms with Crippen LogP contribution in [0.3, 0.4) is 0 Å². The molecule has 56 heavy (non-hydrogen) atoms. The molecular weight excluding hydrogens is 681 g/mol. The number of hydrogen-bond acceptors (Lipinski definition) is 3. The number of anilines is 6. The van der Waals surface area contributed by atoms with Crippen LogP contribution in [0.4, 0.5) is 39.8 Å². The first-order valence-electron chi connectivity index (χ1n) is 18.7. The van der Waals surface area contributed by atoms with Crippen molar-refractivity contribution in [3.8, 4) is 6.07 Å². The van der Waals surface area contributed by atoms with Crippen molar-refractivity contribution < 1.29 is 0 Å². The molecule has 0 unspecified atom stereocenters. The van der Waals surface area contributed by atoms with Crippen molar-refractivity contribution in [1.29, 1.82) is 5.26 Å². The van der Waals surface area contributed by atoms with Gasteiger partial charge in [0.15, 0.2) is 5.69 Å². The lowest BCUT2D eigenvalue weighted by Crippen LogP contribution is -2.09. The number of rotatable bonds is 10. The van der Waals surface area contributed by atoms with Crippen LogP contribution < -0.4 is 9.80 Å². The van der Waals surface area contributed by atoms with Gasteiger partial charge in [-0.3, -0.25) is 0 Å². The fraction of sp³-hybridized carbons (Fsp3) is 0.0769. The van der Waals surface area contributed by atoms with Crippen LogP contribution in [-0.2, 0) is 0 Å². The zero-order valence-electron chi connectivity index (χ0n) is 32.1. The van der Waals surface area contributed by atoms with Gasteiger partial charge >= 0.3 is 0 Å². The van der Waals surface area contributed by atoms with Crippen molar-refractivity contribution in [1.82, 2.24) is 0 Å². The SMILES string of the molecule is [C-]#[N+]c1cc(/C=C\c2ccc(N(c3ccc(C)cc3)c3ccc(C)cc3)cc2)c(C#N)cc1/C=C\c1ccc(N(c2ccc(C)cc2)c2ccc(C)cc2)cc1. The largest absolute Gasteiger partial charge is 0.311 e. The molecule has 0 radical (unpaired) electrons. The Morgan fingerprint density at radius 3 is 1.04 bits per heavy atom. The van der Waals surface area contributed by atoms with Crippen LogP contribution >= 0.6 is 0 Å². The van der Waals surface area contributed by atoms with E-state index in [-0.39, 0.29) is 0 Å². The van der Waals surface area contributed by atoms with E-state index in [1.165, 1.54) is 22.3 Å². The third-order valence-electron chi connectivity index (χ3n) is 9.82. The normalized spacial score (nSPS) is 11.0. The summed E-state index contributed by atoms with van der Waals surface area (Å²) in [5.74, 6) is 0. The first kappa shape index (κ1) is 36.9. The fourth-order valence-corrected chi connectivity index (χ4v) is 6.60. The summed E-state index contributed by atoms with van der Waals surface area (Å²) in [7, 11) is 0. The van der Waals surface area contributed by atoms with Gasteiger partial charge < -0.3 is 9.80 Å². The number of benzene rings is 7. The van der Waals surface area contributed by atoms with Crippen molar-refractivity contribution in [2.45, 2.75) is 27.7 Å². The van der Waals surface area contributed by atoms with Gasteiger partial charge in [-0.2, -0.15) is 5.26 Å². The zero-order chi connectivity index (χ0) is 39.0. The number of nitrogens with zero attached hydrogens (tertiary/aromatic N) is 4. The van der Waals surface area contributed by atoms with Crippen LogP contribution in [0.5, 0.6) is 0 Å². The van der Waals surface area contributed by atoms with Crippen molar-refractivity contribution >= 4 is 64.1 Å². The van der Waals surface area contributed by atoms with Crippen molar-refractivity contribution in [2.75, 3.05) is 9.80 Å². The Kier molecular flexibility index (Phi) is 11.0. The Morgan fingerprint density at radius 2 is 0.732 bits per heavy atom. The number of hydrogen-bond donors (Lipinski definition) is 0. The molecule has 4 heteroatoms. The molecule has 7 aromatic carbocycles. The quantitative estimate of drug-likeness (QED) is 0.104. The van der Waals surface area contributed by atoms with Gasteiger partial charge in [-0.25, -0.2) is 4.85 Å². The van der Waals surface area contributed by atoms with Gasteiger partial charge in [-0.15, -0.1) is 0 Å². The standard InChI is InChI=1S/C52H42N4/c1-37-6-22-46(23-7-37)55(47-24-8-38(2)9-25-47)50-30-16-41(17-31-50)14-20-43-35-52(54-5)44(34-45(43)36-53)21-15-42-18-32-51(33-19-42)56(48-26-10-39(3)11-27-48)49-28-12-40(4)13-29-49/h6-35H,1-4H3/b20-14-,21-15-. The maximum absolute atomic E-state index is 10.1. The second-order valence-electron chi connectivity index (χ2n) is 14.1. The molecule has 0 N–H and O–H groups in total. The molecule has 0 bridgehead atoms. The molecule has 0 aliphatic carbocycles. The van der Waals surface area contributed by atoms with E-state index in [0.717, 1.165) is 45.3 Å². The van der Waals surface area contributed by atoms with Gasteiger partial charge in [0.25, 0.3) is 0 Å². The predicted molar refractivity (Wildman–Crippen MR) is 236 cm³/mol. The molecule has 0 heterocycles. The lowest BCUT2D eigenvalue weighted by atomic mass is 10.0. The van der Waals surface area contributed by atoms with Crippen LogP contribution in [-0.4, -0.2) is 0 Å². The summed E-state index contributed by atoms with van der Waals surface area (Å²) in [6.45, 7) is 16.3. The highest BCUT2D eigenvalue weighted by Gasteiger charge is 2.14. The van der Waals surface area contributed by atoms with E-state index in [1.807, 2.05) is 24.3 Å². The minimum Gasteiger partial charge on any atom is -0.311 e. The van der Waals surface area contributed by atoms with Crippen LogP contribution in [0, 0.1) is 45.6 Å². The van der Waals surface area contributed by atoms with E-state index in [1.54, 1.807) is 12.1 Å². The summed E-state index contributed by atoms with van der Waals surface area (Å²) >= 11 is 0. The molecule has 4 nitrogen and oxygen atoms in total. The van der Waals surface area contributed by atoms with Gasteiger partial charge in [-0.05, 0) is 135 Å². The molecule has 7 rings (SSSR count). The summed E-state index contributed by atoms with van der Waals surface area (Å²) in [4.78, 5) is 8.32. The average Bonchev–Trinajstić information content (AvgIpc) is 3.23. The molecule has 0 fully saturated rings. The van der Waals surface area contributed by atoms with E-state index in [9.17, 15) is 5.26 Å². The van der Waals surface area contributed by atoms with Crippen molar-refractivity contribution in [3.63, 3.8) is 0 Å². The second kappa shape index (κ2) is 16.7. The molecule has 0 aromatic heterocycles. The highest BCUT2D eigenvalue weighted by atomic mass is 15.1. The maximum Gasteiger partial charge on any atom is 0.194 e. The van der Waals surface area contributed by atoms with E-state index in [4.69, 9.17) is 6.57 Å². The minimum atomic E-state index is 0.489. The maximum atomic E-state index is 10.1. The van der Waals surface area contributed by atoms with Gasteiger partial charge in [0.2, 0.25) is 0 Å².